The average Bonchev–Trinajstić information content (AvgIpc) is 3.11. The van der Waals surface area contributed by atoms with E-state index < -0.39 is 12.0 Å². The highest BCUT2D eigenvalue weighted by Gasteiger charge is 2.30. The third kappa shape index (κ3) is 3.06. The summed E-state index contributed by atoms with van der Waals surface area (Å²) in [6, 6.07) is 7.12. The van der Waals surface area contributed by atoms with Crippen LogP contribution < -0.4 is 4.90 Å². The Labute approximate surface area is 144 Å². The van der Waals surface area contributed by atoms with Gasteiger partial charge in [0.05, 0.1) is 6.20 Å². The summed E-state index contributed by atoms with van der Waals surface area (Å²) in [7, 11) is 0. The minimum Gasteiger partial charge on any atom is -0.480 e. The Balaban J connectivity index is 1.53. The number of piperazine rings is 1. The first kappa shape index (κ1) is 15.6. The fourth-order valence-electron chi connectivity index (χ4n) is 3.42. The topological polar surface area (TPSA) is 85.4 Å². The van der Waals surface area contributed by atoms with Crippen LogP contribution >= 0.6 is 0 Å². The number of H-pyrrole nitrogens is 1. The first-order chi connectivity index (χ1) is 12.2. The molecular formula is C18H19N5O2. The smallest absolute Gasteiger partial charge is 0.325 e. The number of benzene rings is 1. The maximum absolute atomic E-state index is 11.9. The van der Waals surface area contributed by atoms with Crippen molar-refractivity contribution in [1.29, 1.82) is 0 Å². The Bertz CT molecular complexity index is 871. The number of carbonyl (C=O) groups is 1. The third-order valence-corrected chi connectivity index (χ3v) is 4.68. The first-order valence-corrected chi connectivity index (χ1v) is 8.27. The van der Waals surface area contributed by atoms with Gasteiger partial charge < -0.3 is 15.0 Å². The Morgan fingerprint density at radius 2 is 2.00 bits per heavy atom. The van der Waals surface area contributed by atoms with Crippen molar-refractivity contribution in [3.05, 3.63) is 54.6 Å². The van der Waals surface area contributed by atoms with Crippen LogP contribution in [0, 0.1) is 0 Å². The molecule has 7 heteroatoms. The van der Waals surface area contributed by atoms with E-state index in [-0.39, 0.29) is 0 Å². The van der Waals surface area contributed by atoms with Crippen LogP contribution in [-0.2, 0) is 4.79 Å². The molecule has 2 aromatic heterocycles. The standard InChI is InChI=1S/C18H19N5O2/c24-18(25)17(14-1-2-15-13(11-14)3-4-20-15)23-9-7-22(8-10-23)16-12-19-5-6-21-16/h1-6,11-12,17,20H,7-10H2,(H,24,25). The Kier molecular flexibility index (Phi) is 4.07. The molecule has 0 aliphatic carbocycles. The van der Waals surface area contributed by atoms with Gasteiger partial charge in [-0.05, 0) is 29.1 Å². The van der Waals surface area contributed by atoms with Gasteiger partial charge in [0.25, 0.3) is 0 Å². The minimum absolute atomic E-state index is 0.636. The molecule has 0 radical (unpaired) electrons. The molecule has 3 heterocycles. The molecule has 25 heavy (non-hydrogen) atoms. The lowest BCUT2D eigenvalue weighted by Crippen LogP contribution is -2.49. The van der Waals surface area contributed by atoms with E-state index in [1.165, 1.54) is 0 Å². The van der Waals surface area contributed by atoms with Crippen LogP contribution in [0.3, 0.4) is 0 Å². The number of nitrogens with one attached hydrogen (secondary N) is 1. The third-order valence-electron chi connectivity index (χ3n) is 4.68. The van der Waals surface area contributed by atoms with Crippen LogP contribution in [0.2, 0.25) is 0 Å². The fourth-order valence-corrected chi connectivity index (χ4v) is 3.42. The van der Waals surface area contributed by atoms with E-state index in [1.807, 2.05) is 35.4 Å². The second kappa shape index (κ2) is 6.52. The van der Waals surface area contributed by atoms with Gasteiger partial charge in [0.2, 0.25) is 0 Å². The van der Waals surface area contributed by atoms with Gasteiger partial charge in [-0.2, -0.15) is 0 Å². The lowest BCUT2D eigenvalue weighted by molar-refractivity contribution is -0.143. The monoisotopic (exact) mass is 337 g/mol. The van der Waals surface area contributed by atoms with E-state index in [0.29, 0.717) is 13.1 Å². The molecule has 4 rings (SSSR count). The van der Waals surface area contributed by atoms with Crippen molar-refractivity contribution in [3.8, 4) is 0 Å². The summed E-state index contributed by atoms with van der Waals surface area (Å²) in [5.41, 5.74) is 1.83. The van der Waals surface area contributed by atoms with E-state index in [1.54, 1.807) is 18.6 Å². The maximum atomic E-state index is 11.9. The molecule has 1 fully saturated rings. The van der Waals surface area contributed by atoms with Crippen molar-refractivity contribution in [2.24, 2.45) is 0 Å². The van der Waals surface area contributed by atoms with Crippen molar-refractivity contribution in [1.82, 2.24) is 19.9 Å². The molecule has 2 N–H and O–H groups in total. The van der Waals surface area contributed by atoms with Crippen LogP contribution in [-0.4, -0.2) is 57.1 Å². The highest BCUT2D eigenvalue weighted by atomic mass is 16.4. The predicted octanol–water partition coefficient (Wildman–Crippen LogP) is 1.91. The molecule has 1 unspecified atom stereocenters. The zero-order valence-electron chi connectivity index (χ0n) is 13.7. The number of carboxylic acids is 1. The molecule has 128 valence electrons. The summed E-state index contributed by atoms with van der Waals surface area (Å²) in [4.78, 5) is 27.6. The van der Waals surface area contributed by atoms with E-state index in [9.17, 15) is 9.90 Å². The van der Waals surface area contributed by atoms with Gasteiger partial charge in [0, 0.05) is 50.3 Å². The largest absolute Gasteiger partial charge is 0.480 e. The van der Waals surface area contributed by atoms with Gasteiger partial charge >= 0.3 is 5.97 Å². The van der Waals surface area contributed by atoms with E-state index in [4.69, 9.17) is 0 Å². The fraction of sp³-hybridized carbons (Fsp3) is 0.278. The first-order valence-electron chi connectivity index (χ1n) is 8.27. The SMILES string of the molecule is O=C(O)C(c1ccc2[nH]ccc2c1)N1CCN(c2cnccn2)CC1. The molecule has 1 aliphatic rings. The number of carboxylic acid groups (broad SMARTS) is 1. The molecule has 0 saturated carbocycles. The Hall–Kier alpha value is -2.93. The van der Waals surface area contributed by atoms with Crippen molar-refractivity contribution in [2.45, 2.75) is 6.04 Å². The highest BCUT2D eigenvalue weighted by molar-refractivity contribution is 5.83. The van der Waals surface area contributed by atoms with Crippen molar-refractivity contribution in [3.63, 3.8) is 0 Å². The number of aromatic amines is 1. The number of hydrogen-bond donors (Lipinski definition) is 2. The highest BCUT2D eigenvalue weighted by Crippen LogP contribution is 2.26. The average molecular weight is 337 g/mol. The summed E-state index contributed by atoms with van der Waals surface area (Å²) < 4.78 is 0. The number of fused-ring (bicyclic) bond motifs is 1. The van der Waals surface area contributed by atoms with Crippen molar-refractivity contribution < 1.29 is 9.90 Å². The summed E-state index contributed by atoms with van der Waals surface area (Å²) in [6.45, 7) is 2.79. The molecule has 1 saturated heterocycles. The van der Waals surface area contributed by atoms with Crippen LogP contribution in [0.5, 0.6) is 0 Å². The zero-order chi connectivity index (χ0) is 17.2. The van der Waals surface area contributed by atoms with E-state index >= 15 is 0 Å². The van der Waals surface area contributed by atoms with Crippen molar-refractivity contribution in [2.75, 3.05) is 31.1 Å². The molecule has 1 aromatic carbocycles. The summed E-state index contributed by atoms with van der Waals surface area (Å²) in [6.07, 6.45) is 6.93. The van der Waals surface area contributed by atoms with Gasteiger partial charge in [-0.15, -0.1) is 0 Å². The molecule has 7 nitrogen and oxygen atoms in total. The van der Waals surface area contributed by atoms with E-state index in [0.717, 1.165) is 35.4 Å². The summed E-state index contributed by atoms with van der Waals surface area (Å²) in [5.74, 6) is 0.0191. The summed E-state index contributed by atoms with van der Waals surface area (Å²) >= 11 is 0. The van der Waals surface area contributed by atoms with Crippen LogP contribution in [0.15, 0.2) is 49.1 Å². The molecule has 3 aromatic rings. The number of hydrogen-bond acceptors (Lipinski definition) is 5. The lowest BCUT2D eigenvalue weighted by Gasteiger charge is -2.38. The molecule has 0 amide bonds. The number of nitrogens with zero attached hydrogens (tertiary/aromatic N) is 4. The lowest BCUT2D eigenvalue weighted by atomic mass is 10.0. The maximum Gasteiger partial charge on any atom is 0.325 e. The van der Waals surface area contributed by atoms with Crippen molar-refractivity contribution >= 4 is 22.7 Å². The summed E-state index contributed by atoms with van der Waals surface area (Å²) in [5, 5.41) is 10.8. The second-order valence-corrected chi connectivity index (χ2v) is 6.15. The molecule has 0 bridgehead atoms. The predicted molar refractivity (Wildman–Crippen MR) is 94.5 cm³/mol. The second-order valence-electron chi connectivity index (χ2n) is 6.15. The quantitative estimate of drug-likeness (QED) is 0.756. The van der Waals surface area contributed by atoms with Gasteiger partial charge in [-0.1, -0.05) is 6.07 Å². The minimum atomic E-state index is -0.817. The normalized spacial score (nSPS) is 16.9. The number of aliphatic carboxylic acids is 1. The van der Waals surface area contributed by atoms with Gasteiger partial charge in [-0.25, -0.2) is 4.98 Å². The molecule has 0 spiro atoms. The number of anilines is 1. The van der Waals surface area contributed by atoms with Gasteiger partial charge in [-0.3, -0.25) is 14.7 Å². The van der Waals surface area contributed by atoms with Gasteiger partial charge in [0.1, 0.15) is 11.9 Å². The number of rotatable bonds is 4. The zero-order valence-corrected chi connectivity index (χ0v) is 13.7. The van der Waals surface area contributed by atoms with E-state index in [2.05, 4.69) is 19.9 Å². The molecule has 1 atom stereocenters. The Morgan fingerprint density at radius 1 is 1.16 bits per heavy atom. The van der Waals surface area contributed by atoms with Gasteiger partial charge in [0.15, 0.2) is 0 Å². The molecule has 1 aliphatic heterocycles. The molecular weight excluding hydrogens is 318 g/mol. The number of aromatic nitrogens is 3. The van der Waals surface area contributed by atoms with Crippen LogP contribution in [0.1, 0.15) is 11.6 Å². The van der Waals surface area contributed by atoms with Crippen LogP contribution in [0.25, 0.3) is 10.9 Å². The Morgan fingerprint density at radius 3 is 2.72 bits per heavy atom. The van der Waals surface area contributed by atoms with Crippen LogP contribution in [0.4, 0.5) is 5.82 Å².